The van der Waals surface area contributed by atoms with Gasteiger partial charge in [-0.25, -0.2) is 4.98 Å². The molecule has 22 heavy (non-hydrogen) atoms. The minimum absolute atomic E-state index is 0. The summed E-state index contributed by atoms with van der Waals surface area (Å²) in [5, 5.41) is 5.12. The van der Waals surface area contributed by atoms with Gasteiger partial charge in [0.1, 0.15) is 5.57 Å². The number of amides is 2. The predicted octanol–water partition coefficient (Wildman–Crippen LogP) is 2.42. The number of hydrogen-bond donors (Lipinski definition) is 3. The number of halogens is 2. The van der Waals surface area contributed by atoms with Gasteiger partial charge in [-0.1, -0.05) is 28.1 Å². The van der Waals surface area contributed by atoms with Crippen LogP contribution in [0, 0.1) is 0 Å². The molecule has 0 saturated heterocycles. The van der Waals surface area contributed by atoms with Crippen LogP contribution in [0.5, 0.6) is 0 Å². The number of benzene rings is 1. The largest absolute Gasteiger partial charge is 0.365 e. The number of hydrogen-bond acceptors (Lipinski definition) is 5. The Kier molecular flexibility index (Phi) is 6.72. The van der Waals surface area contributed by atoms with Gasteiger partial charge in [0.15, 0.2) is 5.13 Å². The van der Waals surface area contributed by atoms with E-state index >= 15 is 0 Å². The molecule has 0 radical (unpaired) electrons. The van der Waals surface area contributed by atoms with Crippen molar-refractivity contribution >= 4 is 61.2 Å². The molecule has 0 aliphatic carbocycles. The van der Waals surface area contributed by atoms with Gasteiger partial charge in [0.05, 0.1) is 5.69 Å². The zero-order chi connectivity index (χ0) is 15.4. The van der Waals surface area contributed by atoms with Crippen molar-refractivity contribution in [1.82, 2.24) is 4.98 Å². The third-order valence-electron chi connectivity index (χ3n) is 2.52. The molecular formula is C13H12Br2N4O2S. The molecular weight excluding hydrogens is 436 g/mol. The van der Waals surface area contributed by atoms with Gasteiger partial charge >= 0.3 is 0 Å². The van der Waals surface area contributed by atoms with E-state index in [4.69, 9.17) is 11.5 Å². The van der Waals surface area contributed by atoms with E-state index < -0.39 is 11.8 Å². The summed E-state index contributed by atoms with van der Waals surface area (Å²) < 4.78 is 0.982. The van der Waals surface area contributed by atoms with Crippen LogP contribution in [0.2, 0.25) is 0 Å². The predicted molar refractivity (Wildman–Crippen MR) is 95.7 cm³/mol. The Morgan fingerprint density at radius 2 is 1.77 bits per heavy atom. The number of carbonyl (C=O) groups is 2. The lowest BCUT2D eigenvalue weighted by Gasteiger charge is -1.99. The number of nitrogens with zero attached hydrogens (tertiary/aromatic N) is 1. The van der Waals surface area contributed by atoms with E-state index in [1.165, 1.54) is 11.3 Å². The van der Waals surface area contributed by atoms with Crippen LogP contribution >= 0.6 is 44.2 Å². The lowest BCUT2D eigenvalue weighted by molar-refractivity contribution is -0.120. The summed E-state index contributed by atoms with van der Waals surface area (Å²) in [5.74, 6) is -1.78. The van der Waals surface area contributed by atoms with Gasteiger partial charge in [-0.05, 0) is 12.1 Å². The summed E-state index contributed by atoms with van der Waals surface area (Å²) in [6.45, 7) is 0. The topological polar surface area (TPSA) is 111 Å². The van der Waals surface area contributed by atoms with Crippen LogP contribution in [0.4, 0.5) is 5.13 Å². The first kappa shape index (κ1) is 18.3. The number of nitrogens with one attached hydrogen (secondary N) is 1. The van der Waals surface area contributed by atoms with Crippen LogP contribution in [0.25, 0.3) is 11.3 Å². The fourth-order valence-electron chi connectivity index (χ4n) is 1.49. The summed E-state index contributed by atoms with van der Waals surface area (Å²) >= 11 is 4.70. The SMILES string of the molecule is Br.NC(=O)C(=CNc1nc(-c2ccc(Br)cc2)cs1)C(N)=O. The van der Waals surface area contributed by atoms with Gasteiger partial charge in [0.25, 0.3) is 11.8 Å². The van der Waals surface area contributed by atoms with Crippen LogP contribution in [-0.2, 0) is 9.59 Å². The van der Waals surface area contributed by atoms with E-state index in [1.807, 2.05) is 29.6 Å². The smallest absolute Gasteiger partial charge is 0.255 e. The second-order valence-corrected chi connectivity index (χ2v) is 5.75. The van der Waals surface area contributed by atoms with Gasteiger partial charge in [-0.3, -0.25) is 9.59 Å². The van der Waals surface area contributed by atoms with Crippen molar-refractivity contribution in [3.63, 3.8) is 0 Å². The number of primary amides is 2. The Labute approximate surface area is 149 Å². The van der Waals surface area contributed by atoms with Gasteiger partial charge in [0.2, 0.25) is 0 Å². The van der Waals surface area contributed by atoms with Gasteiger partial charge in [-0.2, -0.15) is 0 Å². The van der Waals surface area contributed by atoms with E-state index in [1.54, 1.807) is 0 Å². The highest BCUT2D eigenvalue weighted by Crippen LogP contribution is 2.26. The fourth-order valence-corrected chi connectivity index (χ4v) is 2.45. The molecule has 5 N–H and O–H groups in total. The van der Waals surface area contributed by atoms with E-state index in [-0.39, 0.29) is 22.6 Å². The quantitative estimate of drug-likeness (QED) is 0.371. The Morgan fingerprint density at radius 3 is 2.32 bits per heavy atom. The monoisotopic (exact) mass is 446 g/mol. The van der Waals surface area contributed by atoms with Crippen LogP contribution in [0.15, 0.2) is 45.9 Å². The van der Waals surface area contributed by atoms with Gasteiger partial charge < -0.3 is 16.8 Å². The van der Waals surface area contributed by atoms with Crippen molar-refractivity contribution in [3.05, 3.63) is 45.9 Å². The first-order valence-corrected chi connectivity index (χ1v) is 7.42. The molecule has 6 nitrogen and oxygen atoms in total. The fraction of sp³-hybridized carbons (Fsp3) is 0. The van der Waals surface area contributed by atoms with Crippen molar-refractivity contribution in [2.75, 3.05) is 5.32 Å². The van der Waals surface area contributed by atoms with E-state index in [0.717, 1.165) is 21.9 Å². The summed E-state index contributed by atoms with van der Waals surface area (Å²) in [6.07, 6.45) is 1.16. The maximum atomic E-state index is 11.0. The molecule has 1 aromatic heterocycles. The average molecular weight is 448 g/mol. The molecule has 1 aromatic carbocycles. The molecule has 0 bridgehead atoms. The maximum Gasteiger partial charge on any atom is 0.255 e. The van der Waals surface area contributed by atoms with Crippen molar-refractivity contribution in [1.29, 1.82) is 0 Å². The number of thiazole rings is 1. The molecule has 0 fully saturated rings. The molecule has 0 spiro atoms. The molecule has 116 valence electrons. The number of nitrogens with two attached hydrogens (primary N) is 2. The maximum absolute atomic E-state index is 11.0. The highest BCUT2D eigenvalue weighted by molar-refractivity contribution is 9.10. The van der Waals surface area contributed by atoms with Crippen LogP contribution in [0.3, 0.4) is 0 Å². The molecule has 2 aromatic rings. The zero-order valence-corrected chi connectivity index (χ0v) is 15.2. The second kappa shape index (κ2) is 8.06. The van der Waals surface area contributed by atoms with Crippen molar-refractivity contribution in [2.24, 2.45) is 11.5 Å². The average Bonchev–Trinajstić information content (AvgIpc) is 2.87. The normalized spacial score (nSPS) is 9.50. The lowest BCUT2D eigenvalue weighted by Crippen LogP contribution is -2.26. The second-order valence-electron chi connectivity index (χ2n) is 3.98. The Hall–Kier alpha value is -1.71. The molecule has 1 heterocycles. The van der Waals surface area contributed by atoms with Crippen LogP contribution in [-0.4, -0.2) is 16.8 Å². The summed E-state index contributed by atoms with van der Waals surface area (Å²) in [7, 11) is 0. The first-order chi connectivity index (χ1) is 9.97. The number of anilines is 1. The summed E-state index contributed by atoms with van der Waals surface area (Å²) in [4.78, 5) is 26.4. The highest BCUT2D eigenvalue weighted by Gasteiger charge is 2.11. The third-order valence-corrected chi connectivity index (χ3v) is 3.82. The van der Waals surface area contributed by atoms with Gasteiger partial charge in [0, 0.05) is 21.6 Å². The molecule has 0 aliphatic rings. The molecule has 0 saturated carbocycles. The Balaban J connectivity index is 0.00000242. The minimum Gasteiger partial charge on any atom is -0.365 e. The number of rotatable bonds is 5. The highest BCUT2D eigenvalue weighted by atomic mass is 79.9. The van der Waals surface area contributed by atoms with Gasteiger partial charge in [-0.15, -0.1) is 28.3 Å². The molecule has 9 heteroatoms. The summed E-state index contributed by atoms with van der Waals surface area (Å²) in [6, 6.07) is 7.69. The Morgan fingerprint density at radius 1 is 1.18 bits per heavy atom. The van der Waals surface area contributed by atoms with E-state index in [9.17, 15) is 9.59 Å². The van der Waals surface area contributed by atoms with E-state index in [0.29, 0.717) is 5.13 Å². The standard InChI is InChI=1S/C13H11BrN4O2S.BrH/c14-8-3-1-7(2-4-8)10-6-21-13(18-10)17-5-9(11(15)19)12(16)20;/h1-6H,(H2,15,19)(H2,16,20)(H,17,18);1H. The first-order valence-electron chi connectivity index (χ1n) is 5.75. The van der Waals surface area contributed by atoms with Crippen molar-refractivity contribution in [2.45, 2.75) is 0 Å². The number of aromatic nitrogens is 1. The summed E-state index contributed by atoms with van der Waals surface area (Å²) in [5.41, 5.74) is 11.5. The van der Waals surface area contributed by atoms with Crippen LogP contribution in [0.1, 0.15) is 0 Å². The number of carbonyl (C=O) groups excluding carboxylic acids is 2. The van der Waals surface area contributed by atoms with Crippen molar-refractivity contribution in [3.8, 4) is 11.3 Å². The lowest BCUT2D eigenvalue weighted by atomic mass is 10.2. The molecule has 2 amide bonds. The van der Waals surface area contributed by atoms with E-state index in [2.05, 4.69) is 26.2 Å². The molecule has 0 unspecified atom stereocenters. The van der Waals surface area contributed by atoms with Crippen LogP contribution < -0.4 is 16.8 Å². The molecule has 2 rings (SSSR count). The Bertz CT molecular complexity index is 697. The minimum atomic E-state index is -0.889. The third kappa shape index (κ3) is 4.65. The zero-order valence-electron chi connectivity index (χ0n) is 11.1. The van der Waals surface area contributed by atoms with Crippen molar-refractivity contribution < 1.29 is 9.59 Å². The molecule has 0 aliphatic heterocycles. The molecule has 0 atom stereocenters.